The summed E-state index contributed by atoms with van der Waals surface area (Å²) in [5.41, 5.74) is -1.72. The third kappa shape index (κ3) is 6.63. The van der Waals surface area contributed by atoms with Crippen LogP contribution in [0.15, 0.2) is 79.9 Å². The Morgan fingerprint density at radius 2 is 1.67 bits per heavy atom. The number of hydrogen-bond donors (Lipinski definition) is 1. The fraction of sp³-hybridized carbons (Fsp3) is 0.548. The van der Waals surface area contributed by atoms with Gasteiger partial charge in [0, 0.05) is 24.3 Å². The lowest BCUT2D eigenvalue weighted by atomic mass is 9.62. The molecule has 9 heteroatoms. The molecule has 0 radical (unpaired) electrons. The predicted octanol–water partition coefficient (Wildman–Crippen LogP) is 6.58. The Hall–Kier alpha value is -3.95. The van der Waals surface area contributed by atoms with Crippen molar-refractivity contribution in [1.82, 2.24) is 9.80 Å². The zero-order valence-electron chi connectivity index (χ0n) is 31.7. The van der Waals surface area contributed by atoms with Crippen molar-refractivity contribution < 1.29 is 29.0 Å². The van der Waals surface area contributed by atoms with Crippen LogP contribution in [0.25, 0.3) is 0 Å². The summed E-state index contributed by atoms with van der Waals surface area (Å²) in [6.45, 7) is 24.9. The molecule has 0 saturated carbocycles. The van der Waals surface area contributed by atoms with Gasteiger partial charge in [-0.3, -0.25) is 14.4 Å². The zero-order chi connectivity index (χ0) is 37.5. The molecule has 3 amide bonds. The van der Waals surface area contributed by atoms with E-state index in [4.69, 9.17) is 9.47 Å². The first-order chi connectivity index (χ1) is 24.0. The highest BCUT2D eigenvalue weighted by molar-refractivity contribution is 6.04. The van der Waals surface area contributed by atoms with Crippen LogP contribution in [0.1, 0.15) is 79.8 Å². The van der Waals surface area contributed by atoms with Crippen LogP contribution in [-0.2, 0) is 19.1 Å². The van der Waals surface area contributed by atoms with E-state index in [2.05, 4.69) is 33.9 Å². The molecule has 0 aliphatic carbocycles. The van der Waals surface area contributed by atoms with E-state index in [0.29, 0.717) is 36.4 Å². The summed E-state index contributed by atoms with van der Waals surface area (Å²) in [5, 5.41) is 11.0. The minimum atomic E-state index is -1.30. The highest BCUT2D eigenvalue weighted by atomic mass is 16.5. The van der Waals surface area contributed by atoms with Crippen LogP contribution in [0.2, 0.25) is 0 Å². The fourth-order valence-corrected chi connectivity index (χ4v) is 9.51. The van der Waals surface area contributed by atoms with Gasteiger partial charge in [-0.25, -0.2) is 0 Å². The number of carbonyl (C=O) groups is 3. The minimum Gasteiger partial charge on any atom is -0.494 e. The molecule has 5 rings (SSSR count). The van der Waals surface area contributed by atoms with E-state index in [0.717, 1.165) is 0 Å². The molecular formula is C42H57N3O6. The van der Waals surface area contributed by atoms with Crippen molar-refractivity contribution in [2.45, 2.75) is 97.1 Å². The second-order valence-electron chi connectivity index (χ2n) is 16.5. The fourth-order valence-electron chi connectivity index (χ4n) is 9.51. The van der Waals surface area contributed by atoms with Gasteiger partial charge in [-0.05, 0) is 81.7 Å². The number of anilines is 1. The van der Waals surface area contributed by atoms with E-state index in [-0.39, 0.29) is 42.1 Å². The lowest BCUT2D eigenvalue weighted by Gasteiger charge is -2.46. The molecule has 1 N–H and O–H groups in total. The Kier molecular flexibility index (Phi) is 10.7. The Morgan fingerprint density at radius 1 is 1.04 bits per heavy atom. The Morgan fingerprint density at radius 3 is 2.22 bits per heavy atom. The molecule has 2 bridgehead atoms. The van der Waals surface area contributed by atoms with E-state index in [1.165, 1.54) is 0 Å². The van der Waals surface area contributed by atoms with Gasteiger partial charge in [0.05, 0.1) is 36.7 Å². The smallest absolute Gasteiger partial charge is 0.249 e. The molecule has 3 fully saturated rings. The van der Waals surface area contributed by atoms with E-state index in [1.54, 1.807) is 22.0 Å². The van der Waals surface area contributed by atoms with Crippen LogP contribution < -0.4 is 9.64 Å². The lowest BCUT2D eigenvalue weighted by Crippen LogP contribution is -2.61. The average molecular weight is 700 g/mol. The van der Waals surface area contributed by atoms with Crippen molar-refractivity contribution in [3.05, 3.63) is 85.5 Å². The summed E-state index contributed by atoms with van der Waals surface area (Å²) in [6, 6.07) is 14.7. The topological polar surface area (TPSA) is 99.6 Å². The summed E-state index contributed by atoms with van der Waals surface area (Å²) in [4.78, 5) is 50.8. The van der Waals surface area contributed by atoms with Gasteiger partial charge in [0.1, 0.15) is 17.4 Å². The van der Waals surface area contributed by atoms with Crippen molar-refractivity contribution in [2.75, 3.05) is 31.2 Å². The van der Waals surface area contributed by atoms with Gasteiger partial charge in [-0.1, -0.05) is 70.2 Å². The summed E-state index contributed by atoms with van der Waals surface area (Å²) in [7, 11) is 0. The number of likely N-dealkylation sites (tertiary alicyclic amines) is 1. The lowest BCUT2D eigenvalue weighted by molar-refractivity contribution is -0.159. The van der Waals surface area contributed by atoms with Gasteiger partial charge in [0.15, 0.2) is 0 Å². The number of amides is 3. The standard InChI is InChI=1S/C42H57N3O6/c1-11-23-43(30-19-21-31(22-20-30)50-13-3)36(47)33-34-37(48)45(32(26-46)29-17-15-14-16-18-29)35(42(34)25-28(4)41(33,10)51-42)38(49)44(24-12-2)40(8,9)27-39(5,6)7/h11-12,14-22,28,32-35,46H,1-2,13,23-27H2,3-10H3/t28?,32-,33+,34+,35?,41-,42?/m1/s1. The third-order valence-electron chi connectivity index (χ3n) is 11.3. The number of nitrogens with zero attached hydrogens (tertiary/aromatic N) is 3. The van der Waals surface area contributed by atoms with E-state index in [9.17, 15) is 5.11 Å². The van der Waals surface area contributed by atoms with Crippen LogP contribution in [0, 0.1) is 23.2 Å². The maximum atomic E-state index is 15.4. The molecule has 51 heavy (non-hydrogen) atoms. The van der Waals surface area contributed by atoms with Crippen molar-refractivity contribution in [1.29, 1.82) is 0 Å². The molecule has 3 saturated heterocycles. The number of fused-ring (bicyclic) bond motifs is 1. The van der Waals surface area contributed by atoms with Crippen molar-refractivity contribution >= 4 is 23.4 Å². The van der Waals surface area contributed by atoms with Crippen molar-refractivity contribution in [3.63, 3.8) is 0 Å². The van der Waals surface area contributed by atoms with E-state index >= 15 is 14.4 Å². The number of hydrogen-bond acceptors (Lipinski definition) is 6. The van der Waals surface area contributed by atoms with Crippen molar-refractivity contribution in [3.8, 4) is 5.75 Å². The molecule has 3 heterocycles. The van der Waals surface area contributed by atoms with Crippen LogP contribution in [-0.4, -0.2) is 81.7 Å². The van der Waals surface area contributed by atoms with Gasteiger partial charge in [0.2, 0.25) is 17.7 Å². The molecule has 2 aromatic carbocycles. The highest BCUT2D eigenvalue weighted by Crippen LogP contribution is 2.66. The molecule has 3 aliphatic rings. The van der Waals surface area contributed by atoms with Crippen molar-refractivity contribution in [2.24, 2.45) is 23.2 Å². The quantitative estimate of drug-likeness (QED) is 0.224. The molecular weight excluding hydrogens is 642 g/mol. The van der Waals surface area contributed by atoms with Gasteiger partial charge in [-0.2, -0.15) is 0 Å². The molecule has 7 atom stereocenters. The SMILES string of the molecule is C=CCN(C(=O)[C@@H]1[C@H]2C(=O)N([C@H](CO)c3ccccc3)C(C(=O)N(CC=C)C(C)(C)CC(C)(C)C)C23CC(C)[C@@]1(C)O3)c1ccc(OCC)cc1. The second-order valence-corrected chi connectivity index (χ2v) is 16.5. The summed E-state index contributed by atoms with van der Waals surface area (Å²) >= 11 is 0. The van der Waals surface area contributed by atoms with Gasteiger partial charge in [-0.15, -0.1) is 13.2 Å². The Labute approximate surface area is 304 Å². The first kappa shape index (κ1) is 38.3. The van der Waals surface area contributed by atoms with E-state index < -0.39 is 47.3 Å². The summed E-state index contributed by atoms with van der Waals surface area (Å²) in [6.07, 6.45) is 4.48. The Balaban J connectivity index is 1.68. The molecule has 0 aromatic heterocycles. The molecule has 3 aliphatic heterocycles. The number of aliphatic hydroxyl groups excluding tert-OH is 1. The third-order valence-corrected chi connectivity index (χ3v) is 11.3. The average Bonchev–Trinajstić information content (AvgIpc) is 3.58. The number of rotatable bonds is 14. The summed E-state index contributed by atoms with van der Waals surface area (Å²) in [5.74, 6) is -2.21. The molecule has 1 spiro atoms. The number of benzene rings is 2. The molecule has 2 aromatic rings. The Bertz CT molecular complexity index is 1620. The van der Waals surface area contributed by atoms with Crippen LogP contribution in [0.3, 0.4) is 0 Å². The highest BCUT2D eigenvalue weighted by Gasteiger charge is 2.81. The maximum Gasteiger partial charge on any atom is 0.249 e. The van der Waals surface area contributed by atoms with Crippen LogP contribution >= 0.6 is 0 Å². The van der Waals surface area contributed by atoms with Crippen LogP contribution in [0.5, 0.6) is 5.75 Å². The summed E-state index contributed by atoms with van der Waals surface area (Å²) < 4.78 is 12.8. The van der Waals surface area contributed by atoms with Crippen LogP contribution in [0.4, 0.5) is 5.69 Å². The van der Waals surface area contributed by atoms with Gasteiger partial charge >= 0.3 is 0 Å². The van der Waals surface area contributed by atoms with E-state index in [1.807, 2.05) is 94.1 Å². The minimum absolute atomic E-state index is 0.107. The number of carbonyl (C=O) groups excluding carboxylic acids is 3. The first-order valence-corrected chi connectivity index (χ1v) is 18.3. The maximum absolute atomic E-state index is 15.4. The first-order valence-electron chi connectivity index (χ1n) is 18.3. The zero-order valence-corrected chi connectivity index (χ0v) is 31.7. The molecule has 9 nitrogen and oxygen atoms in total. The monoisotopic (exact) mass is 699 g/mol. The predicted molar refractivity (Wildman–Crippen MR) is 200 cm³/mol. The number of aliphatic hydroxyl groups is 1. The second kappa shape index (κ2) is 14.2. The largest absolute Gasteiger partial charge is 0.494 e. The molecule has 3 unspecified atom stereocenters. The van der Waals surface area contributed by atoms with Gasteiger partial charge in [0.25, 0.3) is 0 Å². The number of ether oxygens (including phenoxy) is 2. The normalized spacial score (nSPS) is 27.5. The molecule has 276 valence electrons. The van der Waals surface area contributed by atoms with Gasteiger partial charge < -0.3 is 29.3 Å².